The molecule has 4 aromatic rings. The third kappa shape index (κ3) is 2.73. The molecule has 0 fully saturated rings. The number of benzene rings is 3. The van der Waals surface area contributed by atoms with Crippen LogP contribution < -0.4 is 14.4 Å². The number of Topliss-reactive ketones (excluding diaryl/α,β-unsaturated/α-hetero) is 1. The van der Waals surface area contributed by atoms with E-state index in [4.69, 9.17) is 13.9 Å². The predicted molar refractivity (Wildman–Crippen MR) is 117 cm³/mol. The zero-order valence-corrected chi connectivity index (χ0v) is 16.9. The monoisotopic (exact) mass is 423 g/mol. The second kappa shape index (κ2) is 7.13. The highest BCUT2D eigenvalue weighted by molar-refractivity contribution is 6.16. The number of rotatable bonds is 3. The van der Waals surface area contributed by atoms with Gasteiger partial charge in [-0.3, -0.25) is 14.5 Å². The molecule has 6 nitrogen and oxygen atoms in total. The van der Waals surface area contributed by atoms with E-state index in [1.54, 1.807) is 30.3 Å². The van der Waals surface area contributed by atoms with E-state index in [1.807, 2.05) is 48.5 Å². The van der Waals surface area contributed by atoms with E-state index >= 15 is 0 Å². The summed E-state index contributed by atoms with van der Waals surface area (Å²) in [7, 11) is 0. The fourth-order valence-electron chi connectivity index (χ4n) is 4.38. The maximum Gasteiger partial charge on any atom is 0.294 e. The molecule has 2 aliphatic heterocycles. The van der Waals surface area contributed by atoms with Crippen molar-refractivity contribution in [3.63, 3.8) is 0 Å². The molecule has 6 rings (SSSR count). The summed E-state index contributed by atoms with van der Waals surface area (Å²) in [6.07, 6.45) is 1.45. The summed E-state index contributed by atoms with van der Waals surface area (Å²) in [6, 6.07) is 22.8. The summed E-state index contributed by atoms with van der Waals surface area (Å²) in [5.41, 5.74) is 3.66. The van der Waals surface area contributed by atoms with Gasteiger partial charge in [0.05, 0.1) is 12.0 Å². The summed E-state index contributed by atoms with van der Waals surface area (Å²) >= 11 is 0. The first-order valence-corrected chi connectivity index (χ1v) is 10.2. The Morgan fingerprint density at radius 1 is 0.812 bits per heavy atom. The van der Waals surface area contributed by atoms with Crippen molar-refractivity contribution in [3.05, 3.63) is 102 Å². The lowest BCUT2D eigenvalue weighted by molar-refractivity contribution is 0.0882. The molecule has 0 bridgehead atoms. The van der Waals surface area contributed by atoms with Crippen LogP contribution in [0.2, 0.25) is 0 Å². The number of fused-ring (bicyclic) bond motifs is 4. The van der Waals surface area contributed by atoms with Crippen molar-refractivity contribution >= 4 is 17.4 Å². The predicted octanol–water partition coefficient (Wildman–Crippen LogP) is 5.26. The summed E-state index contributed by atoms with van der Waals surface area (Å²) in [4.78, 5) is 29.1. The molecule has 3 aromatic carbocycles. The molecule has 0 radical (unpaired) electrons. The van der Waals surface area contributed by atoms with Crippen LogP contribution in [0, 0.1) is 0 Å². The third-order valence-corrected chi connectivity index (χ3v) is 5.82. The van der Waals surface area contributed by atoms with Crippen LogP contribution in [0.1, 0.15) is 32.5 Å². The lowest BCUT2D eigenvalue weighted by atomic mass is 9.84. The first-order chi connectivity index (χ1) is 15.7. The van der Waals surface area contributed by atoms with Crippen LogP contribution in [-0.2, 0) is 0 Å². The van der Waals surface area contributed by atoms with Gasteiger partial charge in [0.1, 0.15) is 6.04 Å². The highest BCUT2D eigenvalue weighted by Crippen LogP contribution is 2.46. The van der Waals surface area contributed by atoms with Crippen LogP contribution >= 0.6 is 0 Å². The largest absolute Gasteiger partial charge is 0.459 e. The molecule has 0 saturated carbocycles. The van der Waals surface area contributed by atoms with Crippen LogP contribution in [-0.4, -0.2) is 18.5 Å². The van der Waals surface area contributed by atoms with Gasteiger partial charge in [0.25, 0.3) is 5.91 Å². The minimum atomic E-state index is -0.862. The minimum absolute atomic E-state index is 0.121. The Balaban J connectivity index is 1.55. The highest BCUT2D eigenvalue weighted by Gasteiger charge is 2.40. The third-order valence-electron chi connectivity index (χ3n) is 5.82. The Morgan fingerprint density at radius 2 is 1.59 bits per heavy atom. The summed E-state index contributed by atoms with van der Waals surface area (Å²) in [5, 5.41) is 0. The molecule has 1 aromatic heterocycles. The summed E-state index contributed by atoms with van der Waals surface area (Å²) in [5.74, 6) is 0.688. The lowest BCUT2D eigenvalue weighted by Gasteiger charge is -2.37. The topological polar surface area (TPSA) is 69.0 Å². The lowest BCUT2D eigenvalue weighted by Crippen LogP contribution is -2.41. The Morgan fingerprint density at radius 3 is 2.44 bits per heavy atom. The van der Waals surface area contributed by atoms with Gasteiger partial charge < -0.3 is 13.9 Å². The first kappa shape index (κ1) is 18.4. The Hall–Kier alpha value is -4.32. The number of furan rings is 1. The van der Waals surface area contributed by atoms with E-state index < -0.39 is 6.04 Å². The Bertz CT molecular complexity index is 1360. The number of hydrogen-bond donors (Lipinski definition) is 0. The second-order valence-electron chi connectivity index (χ2n) is 7.59. The van der Waals surface area contributed by atoms with Gasteiger partial charge in [-0.15, -0.1) is 0 Å². The standard InChI is InChI=1S/C26H17NO5/c28-25(16-11-12-21-23(14-16)32-15-31-21)24-19-8-2-1-6-17(19)18-7-3-4-9-20(18)27(24)26(29)22-10-5-13-30-22/h1-14,24H,15H2. The molecular weight excluding hydrogens is 406 g/mol. The van der Waals surface area contributed by atoms with Crippen molar-refractivity contribution in [2.24, 2.45) is 0 Å². The molecule has 156 valence electrons. The molecule has 3 heterocycles. The number of amides is 1. The molecule has 1 unspecified atom stereocenters. The molecule has 0 saturated heterocycles. The number of carbonyl (C=O) groups is 2. The average molecular weight is 423 g/mol. The van der Waals surface area contributed by atoms with Gasteiger partial charge in [-0.05, 0) is 47.5 Å². The van der Waals surface area contributed by atoms with Crippen LogP contribution in [0.15, 0.2) is 89.5 Å². The molecule has 0 spiro atoms. The van der Waals surface area contributed by atoms with Gasteiger partial charge in [-0.2, -0.15) is 0 Å². The van der Waals surface area contributed by atoms with Gasteiger partial charge in [0.2, 0.25) is 6.79 Å². The maximum atomic E-state index is 13.9. The first-order valence-electron chi connectivity index (χ1n) is 10.2. The molecule has 0 aliphatic carbocycles. The minimum Gasteiger partial charge on any atom is -0.459 e. The number of ketones is 1. The van der Waals surface area contributed by atoms with Crippen molar-refractivity contribution in [1.82, 2.24) is 0 Å². The smallest absolute Gasteiger partial charge is 0.294 e. The van der Waals surface area contributed by atoms with E-state index in [-0.39, 0.29) is 24.2 Å². The fraction of sp³-hybridized carbons (Fsp3) is 0.0769. The molecule has 1 atom stereocenters. The quantitative estimate of drug-likeness (QED) is 0.421. The van der Waals surface area contributed by atoms with Crippen LogP contribution in [0.5, 0.6) is 11.5 Å². The molecule has 2 aliphatic rings. The van der Waals surface area contributed by atoms with E-state index in [1.165, 1.54) is 11.2 Å². The van der Waals surface area contributed by atoms with Crippen molar-refractivity contribution in [3.8, 4) is 22.6 Å². The van der Waals surface area contributed by atoms with Gasteiger partial charge in [-0.1, -0.05) is 42.5 Å². The maximum absolute atomic E-state index is 13.9. The second-order valence-corrected chi connectivity index (χ2v) is 7.59. The SMILES string of the molecule is O=C(c1ccc2c(c1)OCO2)C1c2ccccc2-c2ccccc2N1C(=O)c1ccco1. The summed E-state index contributed by atoms with van der Waals surface area (Å²) < 4.78 is 16.3. The number of hydrogen-bond acceptors (Lipinski definition) is 5. The Kier molecular flexibility index (Phi) is 4.11. The molecule has 32 heavy (non-hydrogen) atoms. The van der Waals surface area contributed by atoms with E-state index in [0.29, 0.717) is 22.7 Å². The molecule has 0 N–H and O–H groups in total. The van der Waals surface area contributed by atoms with Crippen LogP contribution in [0.25, 0.3) is 11.1 Å². The number of nitrogens with zero attached hydrogens (tertiary/aromatic N) is 1. The van der Waals surface area contributed by atoms with Gasteiger partial charge in [0.15, 0.2) is 23.0 Å². The van der Waals surface area contributed by atoms with E-state index in [0.717, 1.165) is 16.7 Å². The number of anilines is 1. The van der Waals surface area contributed by atoms with Crippen LogP contribution in [0.3, 0.4) is 0 Å². The zero-order valence-electron chi connectivity index (χ0n) is 16.9. The highest BCUT2D eigenvalue weighted by atomic mass is 16.7. The molecule has 6 heteroatoms. The fourth-order valence-corrected chi connectivity index (χ4v) is 4.38. The number of carbonyl (C=O) groups excluding carboxylic acids is 2. The van der Waals surface area contributed by atoms with Crippen molar-refractivity contribution in [2.75, 3.05) is 11.7 Å². The van der Waals surface area contributed by atoms with Crippen molar-refractivity contribution in [1.29, 1.82) is 0 Å². The molecular formula is C26H17NO5. The number of ether oxygens (including phenoxy) is 2. The Labute approximate surface area is 183 Å². The van der Waals surface area contributed by atoms with Crippen LogP contribution in [0.4, 0.5) is 5.69 Å². The average Bonchev–Trinajstić information content (AvgIpc) is 3.54. The van der Waals surface area contributed by atoms with E-state index in [2.05, 4.69) is 0 Å². The van der Waals surface area contributed by atoms with Gasteiger partial charge in [0, 0.05) is 11.1 Å². The number of para-hydroxylation sites is 1. The normalized spacial score (nSPS) is 15.8. The van der Waals surface area contributed by atoms with Gasteiger partial charge in [-0.25, -0.2) is 0 Å². The summed E-state index contributed by atoms with van der Waals surface area (Å²) in [6.45, 7) is 0.121. The zero-order chi connectivity index (χ0) is 21.7. The van der Waals surface area contributed by atoms with E-state index in [9.17, 15) is 9.59 Å². The van der Waals surface area contributed by atoms with Crippen molar-refractivity contribution in [2.45, 2.75) is 6.04 Å². The van der Waals surface area contributed by atoms with Gasteiger partial charge >= 0.3 is 0 Å². The molecule has 1 amide bonds. The van der Waals surface area contributed by atoms with Crippen molar-refractivity contribution < 1.29 is 23.5 Å².